The van der Waals surface area contributed by atoms with E-state index in [1.165, 1.54) is 0 Å². The molecule has 58 valence electrons. The molecule has 0 aromatic rings. The van der Waals surface area contributed by atoms with Gasteiger partial charge in [0.1, 0.15) is 0 Å². The highest BCUT2D eigenvalue weighted by molar-refractivity contribution is 4.90. The molecule has 0 aliphatic rings. The van der Waals surface area contributed by atoms with Gasteiger partial charge in [0.2, 0.25) is 5.70 Å². The van der Waals surface area contributed by atoms with Crippen molar-refractivity contribution in [3.05, 3.63) is 21.9 Å². The molecule has 0 saturated carbocycles. The molecule has 0 rings (SSSR count). The standard InChI is InChI=1S/C7H13NO2/c1-3-5-7(6-4-2)8(9)10/h5H,3-4,6H2,1-2H3/b7-5-. The topological polar surface area (TPSA) is 43.1 Å². The van der Waals surface area contributed by atoms with Crippen LogP contribution in [-0.4, -0.2) is 4.92 Å². The van der Waals surface area contributed by atoms with Crippen LogP contribution in [0.25, 0.3) is 0 Å². The smallest absolute Gasteiger partial charge is 0.242 e. The first kappa shape index (κ1) is 9.14. The summed E-state index contributed by atoms with van der Waals surface area (Å²) in [5.74, 6) is 0. The molecule has 0 aromatic heterocycles. The fraction of sp³-hybridized carbons (Fsp3) is 0.714. The van der Waals surface area contributed by atoms with E-state index in [4.69, 9.17) is 0 Å². The molecule has 0 radical (unpaired) electrons. The molecular formula is C7H13NO2. The first-order valence-corrected chi connectivity index (χ1v) is 3.55. The predicted molar refractivity (Wildman–Crippen MR) is 40.3 cm³/mol. The Morgan fingerprint density at radius 2 is 2.20 bits per heavy atom. The second-order valence-electron chi connectivity index (χ2n) is 2.11. The lowest BCUT2D eigenvalue weighted by atomic mass is 10.2. The predicted octanol–water partition coefficient (Wildman–Crippen LogP) is 2.36. The number of allylic oxidation sites excluding steroid dienone is 2. The lowest BCUT2D eigenvalue weighted by Gasteiger charge is -1.92. The van der Waals surface area contributed by atoms with E-state index >= 15 is 0 Å². The van der Waals surface area contributed by atoms with E-state index in [9.17, 15) is 10.1 Å². The lowest BCUT2D eigenvalue weighted by molar-refractivity contribution is -0.428. The molecule has 3 nitrogen and oxygen atoms in total. The third kappa shape index (κ3) is 3.22. The van der Waals surface area contributed by atoms with Crippen molar-refractivity contribution in [1.29, 1.82) is 0 Å². The van der Waals surface area contributed by atoms with Crippen LogP contribution in [0.2, 0.25) is 0 Å². The number of nitro groups is 1. The van der Waals surface area contributed by atoms with E-state index in [2.05, 4.69) is 0 Å². The molecular weight excluding hydrogens is 130 g/mol. The zero-order chi connectivity index (χ0) is 7.98. The normalized spacial score (nSPS) is 11.6. The summed E-state index contributed by atoms with van der Waals surface area (Å²) >= 11 is 0. The summed E-state index contributed by atoms with van der Waals surface area (Å²) < 4.78 is 0. The molecule has 3 heteroatoms. The van der Waals surface area contributed by atoms with E-state index in [-0.39, 0.29) is 4.92 Å². The van der Waals surface area contributed by atoms with Gasteiger partial charge in [-0.05, 0) is 18.9 Å². The minimum absolute atomic E-state index is 0.299. The molecule has 0 bridgehead atoms. The van der Waals surface area contributed by atoms with Crippen molar-refractivity contribution >= 4 is 0 Å². The second-order valence-corrected chi connectivity index (χ2v) is 2.11. The van der Waals surface area contributed by atoms with E-state index in [0.717, 1.165) is 12.8 Å². The number of rotatable bonds is 4. The minimum atomic E-state index is -0.299. The average molecular weight is 143 g/mol. The van der Waals surface area contributed by atoms with Gasteiger partial charge in [0.25, 0.3) is 0 Å². The zero-order valence-corrected chi connectivity index (χ0v) is 6.46. The van der Waals surface area contributed by atoms with Crippen LogP contribution in [0.3, 0.4) is 0 Å². The Bertz CT molecular complexity index is 141. The molecule has 0 heterocycles. The summed E-state index contributed by atoms with van der Waals surface area (Å²) in [6.45, 7) is 3.84. The molecule has 0 N–H and O–H groups in total. The Kier molecular flexibility index (Phi) is 4.54. The van der Waals surface area contributed by atoms with E-state index in [0.29, 0.717) is 12.1 Å². The Labute approximate surface area is 60.9 Å². The Morgan fingerprint density at radius 3 is 2.50 bits per heavy atom. The van der Waals surface area contributed by atoms with Crippen LogP contribution in [0.15, 0.2) is 11.8 Å². The van der Waals surface area contributed by atoms with Gasteiger partial charge in [-0.1, -0.05) is 13.8 Å². The van der Waals surface area contributed by atoms with Gasteiger partial charge in [-0.3, -0.25) is 10.1 Å². The van der Waals surface area contributed by atoms with Crippen molar-refractivity contribution in [2.45, 2.75) is 33.1 Å². The summed E-state index contributed by atoms with van der Waals surface area (Å²) in [6, 6.07) is 0. The highest BCUT2D eigenvalue weighted by atomic mass is 16.6. The zero-order valence-electron chi connectivity index (χ0n) is 6.46. The SMILES string of the molecule is CC/C=C(/CCC)[N+](=O)[O-]. The van der Waals surface area contributed by atoms with E-state index in [1.807, 2.05) is 13.8 Å². The van der Waals surface area contributed by atoms with Crippen molar-refractivity contribution in [2.75, 3.05) is 0 Å². The third-order valence-corrected chi connectivity index (χ3v) is 1.18. The largest absolute Gasteiger partial charge is 0.259 e. The fourth-order valence-corrected chi connectivity index (χ4v) is 0.760. The summed E-state index contributed by atoms with van der Waals surface area (Å²) in [6.07, 6.45) is 3.84. The molecule has 0 saturated heterocycles. The fourth-order valence-electron chi connectivity index (χ4n) is 0.760. The summed E-state index contributed by atoms with van der Waals surface area (Å²) in [5.41, 5.74) is 0.352. The highest BCUT2D eigenvalue weighted by Gasteiger charge is 2.05. The Balaban J connectivity index is 3.98. The summed E-state index contributed by atoms with van der Waals surface area (Å²) in [7, 11) is 0. The van der Waals surface area contributed by atoms with Crippen LogP contribution in [0.4, 0.5) is 0 Å². The molecule has 10 heavy (non-hydrogen) atoms. The van der Waals surface area contributed by atoms with Gasteiger partial charge in [-0.15, -0.1) is 0 Å². The van der Waals surface area contributed by atoms with Crippen molar-refractivity contribution in [2.24, 2.45) is 0 Å². The summed E-state index contributed by atoms with van der Waals surface area (Å²) in [4.78, 5) is 9.92. The van der Waals surface area contributed by atoms with Gasteiger partial charge in [0.15, 0.2) is 0 Å². The maximum absolute atomic E-state index is 10.2. The third-order valence-electron chi connectivity index (χ3n) is 1.18. The Hall–Kier alpha value is -0.860. The van der Waals surface area contributed by atoms with Crippen molar-refractivity contribution in [3.63, 3.8) is 0 Å². The molecule has 0 atom stereocenters. The number of hydrogen-bond donors (Lipinski definition) is 0. The molecule has 0 aromatic carbocycles. The number of hydrogen-bond acceptors (Lipinski definition) is 2. The Morgan fingerprint density at radius 1 is 1.60 bits per heavy atom. The molecule has 0 aliphatic heterocycles. The molecule has 0 aliphatic carbocycles. The van der Waals surface area contributed by atoms with E-state index < -0.39 is 0 Å². The van der Waals surface area contributed by atoms with Gasteiger partial charge < -0.3 is 0 Å². The minimum Gasteiger partial charge on any atom is -0.259 e. The first-order valence-electron chi connectivity index (χ1n) is 3.55. The van der Waals surface area contributed by atoms with Crippen molar-refractivity contribution in [1.82, 2.24) is 0 Å². The maximum atomic E-state index is 10.2. The van der Waals surface area contributed by atoms with Gasteiger partial charge in [0, 0.05) is 6.42 Å². The molecule has 0 spiro atoms. The van der Waals surface area contributed by atoms with Gasteiger partial charge in [-0.25, -0.2) is 0 Å². The van der Waals surface area contributed by atoms with Crippen molar-refractivity contribution in [3.8, 4) is 0 Å². The van der Waals surface area contributed by atoms with E-state index in [1.54, 1.807) is 6.08 Å². The van der Waals surface area contributed by atoms with Crippen LogP contribution >= 0.6 is 0 Å². The van der Waals surface area contributed by atoms with Crippen LogP contribution in [0.5, 0.6) is 0 Å². The maximum Gasteiger partial charge on any atom is 0.242 e. The molecule has 0 amide bonds. The van der Waals surface area contributed by atoms with Crippen LogP contribution < -0.4 is 0 Å². The first-order chi connectivity index (χ1) is 4.72. The van der Waals surface area contributed by atoms with Crippen LogP contribution in [0.1, 0.15) is 33.1 Å². The second kappa shape index (κ2) is 4.97. The lowest BCUT2D eigenvalue weighted by Crippen LogP contribution is -1.97. The van der Waals surface area contributed by atoms with Gasteiger partial charge in [0.05, 0.1) is 4.92 Å². The van der Waals surface area contributed by atoms with Crippen molar-refractivity contribution < 1.29 is 4.92 Å². The average Bonchev–Trinajstić information content (AvgIpc) is 1.87. The monoisotopic (exact) mass is 143 g/mol. The number of nitrogens with zero attached hydrogens (tertiary/aromatic N) is 1. The van der Waals surface area contributed by atoms with Gasteiger partial charge >= 0.3 is 0 Å². The highest BCUT2D eigenvalue weighted by Crippen LogP contribution is 2.05. The van der Waals surface area contributed by atoms with Gasteiger partial charge in [-0.2, -0.15) is 0 Å². The van der Waals surface area contributed by atoms with Crippen LogP contribution in [-0.2, 0) is 0 Å². The molecule has 0 fully saturated rings. The quantitative estimate of drug-likeness (QED) is 0.448. The van der Waals surface area contributed by atoms with Crippen LogP contribution in [0, 0.1) is 10.1 Å². The summed E-state index contributed by atoms with van der Waals surface area (Å²) in [5, 5.41) is 10.2. The molecule has 0 unspecified atom stereocenters.